The molecule has 0 atom stereocenters. The van der Waals surface area contributed by atoms with Crippen molar-refractivity contribution in [3.8, 4) is 0 Å². The van der Waals surface area contributed by atoms with Crippen molar-refractivity contribution in [1.82, 2.24) is 5.32 Å². The van der Waals surface area contributed by atoms with Gasteiger partial charge in [-0.3, -0.25) is 4.79 Å². The molecule has 1 fully saturated rings. The highest BCUT2D eigenvalue weighted by Crippen LogP contribution is 2.46. The maximum atomic E-state index is 12.9. The number of nitrogens with zero attached hydrogens (tertiary/aromatic N) is 1. The van der Waals surface area contributed by atoms with Crippen LogP contribution in [0.3, 0.4) is 0 Å². The number of nitrogens with one attached hydrogen (secondary N) is 1. The fourth-order valence-corrected chi connectivity index (χ4v) is 3.34. The molecule has 2 heterocycles. The number of methoxy groups -OCH3 is 1. The van der Waals surface area contributed by atoms with Crippen molar-refractivity contribution in [3.63, 3.8) is 0 Å². The Morgan fingerprint density at radius 3 is 2.79 bits per heavy atom. The van der Waals surface area contributed by atoms with Gasteiger partial charge in [0.05, 0.1) is 12.0 Å². The van der Waals surface area contributed by atoms with Crippen LogP contribution in [-0.2, 0) is 14.9 Å². The predicted octanol–water partition coefficient (Wildman–Crippen LogP) is 1.30. The van der Waals surface area contributed by atoms with Crippen LogP contribution in [0.1, 0.15) is 18.4 Å². The summed E-state index contributed by atoms with van der Waals surface area (Å²) in [6.45, 7) is 3.05. The number of rotatable bonds is 3. The van der Waals surface area contributed by atoms with Gasteiger partial charge in [-0.2, -0.15) is 0 Å². The molecule has 1 spiro atoms. The third-order valence-electron chi connectivity index (χ3n) is 4.34. The fraction of sp³-hybridized carbons (Fsp3) is 0.533. The number of anilines is 1. The molecule has 19 heavy (non-hydrogen) atoms. The van der Waals surface area contributed by atoms with Gasteiger partial charge in [0.15, 0.2) is 0 Å². The summed E-state index contributed by atoms with van der Waals surface area (Å²) in [7, 11) is 1.67. The molecular formula is C15H20N2O2. The van der Waals surface area contributed by atoms with E-state index in [1.807, 2.05) is 17.0 Å². The van der Waals surface area contributed by atoms with Crippen molar-refractivity contribution in [2.45, 2.75) is 18.3 Å². The van der Waals surface area contributed by atoms with E-state index in [9.17, 15) is 4.79 Å². The lowest BCUT2D eigenvalue weighted by atomic mass is 9.74. The first-order valence-corrected chi connectivity index (χ1v) is 6.91. The van der Waals surface area contributed by atoms with Crippen LogP contribution in [0, 0.1) is 0 Å². The standard InChI is InChI=1S/C15H20N2O2/c1-19-11-10-17-13-5-3-2-4-12(13)15(14(17)18)6-8-16-9-7-15/h2-5,16H,6-11H2,1H3. The molecule has 2 aliphatic rings. The van der Waals surface area contributed by atoms with Crippen molar-refractivity contribution in [1.29, 1.82) is 0 Å². The normalized spacial score (nSPS) is 20.9. The summed E-state index contributed by atoms with van der Waals surface area (Å²) in [5, 5.41) is 3.35. The summed E-state index contributed by atoms with van der Waals surface area (Å²) in [5.74, 6) is 0.257. The number of piperidine rings is 1. The van der Waals surface area contributed by atoms with Crippen LogP contribution in [0.25, 0.3) is 0 Å². The number of hydrogen-bond donors (Lipinski definition) is 1. The van der Waals surface area contributed by atoms with Gasteiger partial charge in [0.1, 0.15) is 0 Å². The summed E-state index contributed by atoms with van der Waals surface area (Å²) < 4.78 is 5.14. The van der Waals surface area contributed by atoms with Crippen LogP contribution in [0.15, 0.2) is 24.3 Å². The Morgan fingerprint density at radius 2 is 2.05 bits per heavy atom. The van der Waals surface area contributed by atoms with E-state index in [4.69, 9.17) is 4.74 Å². The number of fused-ring (bicyclic) bond motifs is 2. The Bertz CT molecular complexity index is 481. The van der Waals surface area contributed by atoms with Gasteiger partial charge in [-0.15, -0.1) is 0 Å². The minimum Gasteiger partial charge on any atom is -0.383 e. The lowest BCUT2D eigenvalue weighted by Crippen LogP contribution is -2.47. The molecule has 0 bridgehead atoms. The van der Waals surface area contributed by atoms with E-state index < -0.39 is 0 Å². The fourth-order valence-electron chi connectivity index (χ4n) is 3.34. The van der Waals surface area contributed by atoms with Crippen LogP contribution in [0.5, 0.6) is 0 Å². The zero-order valence-electron chi connectivity index (χ0n) is 11.3. The molecule has 0 aromatic heterocycles. The Hall–Kier alpha value is -1.39. The van der Waals surface area contributed by atoms with Crippen LogP contribution in [-0.4, -0.2) is 39.3 Å². The number of amides is 1. The average Bonchev–Trinajstić information content (AvgIpc) is 2.69. The summed E-state index contributed by atoms with van der Waals surface area (Å²) in [5.41, 5.74) is 1.99. The molecule has 0 aliphatic carbocycles. The second kappa shape index (κ2) is 4.94. The highest BCUT2D eigenvalue weighted by atomic mass is 16.5. The molecule has 1 N–H and O–H groups in total. The first-order chi connectivity index (χ1) is 9.29. The molecule has 0 unspecified atom stereocenters. The Balaban J connectivity index is 2.01. The number of carbonyl (C=O) groups excluding carboxylic acids is 1. The second-order valence-corrected chi connectivity index (χ2v) is 5.30. The topological polar surface area (TPSA) is 41.6 Å². The van der Waals surface area contributed by atoms with Crippen LogP contribution >= 0.6 is 0 Å². The minimum absolute atomic E-state index is 0.257. The van der Waals surface area contributed by atoms with Crippen molar-refractivity contribution in [3.05, 3.63) is 29.8 Å². The third kappa shape index (κ3) is 1.86. The van der Waals surface area contributed by atoms with Gasteiger partial charge in [-0.25, -0.2) is 0 Å². The first kappa shape index (κ1) is 12.6. The quantitative estimate of drug-likeness (QED) is 0.890. The number of hydrogen-bond acceptors (Lipinski definition) is 3. The van der Waals surface area contributed by atoms with Gasteiger partial charge in [-0.05, 0) is 37.6 Å². The second-order valence-electron chi connectivity index (χ2n) is 5.30. The average molecular weight is 260 g/mol. The van der Waals surface area contributed by atoms with E-state index in [2.05, 4.69) is 17.4 Å². The van der Waals surface area contributed by atoms with Crippen molar-refractivity contribution >= 4 is 11.6 Å². The molecule has 0 saturated carbocycles. The third-order valence-corrected chi connectivity index (χ3v) is 4.34. The number of benzene rings is 1. The van der Waals surface area contributed by atoms with Crippen LogP contribution < -0.4 is 10.2 Å². The molecule has 1 aromatic carbocycles. The monoisotopic (exact) mass is 260 g/mol. The number of carbonyl (C=O) groups is 1. The van der Waals surface area contributed by atoms with Crippen molar-refractivity contribution < 1.29 is 9.53 Å². The van der Waals surface area contributed by atoms with Crippen LogP contribution in [0.4, 0.5) is 5.69 Å². The molecule has 4 heteroatoms. The minimum atomic E-state index is -0.296. The van der Waals surface area contributed by atoms with E-state index >= 15 is 0 Å². The van der Waals surface area contributed by atoms with Gasteiger partial charge >= 0.3 is 0 Å². The van der Waals surface area contributed by atoms with Gasteiger partial charge in [0, 0.05) is 19.3 Å². The summed E-state index contributed by atoms with van der Waals surface area (Å²) in [6.07, 6.45) is 1.79. The lowest BCUT2D eigenvalue weighted by molar-refractivity contribution is -0.124. The molecule has 2 aliphatic heterocycles. The molecule has 0 radical (unpaired) electrons. The molecule has 4 nitrogen and oxygen atoms in total. The summed E-state index contributed by atoms with van der Waals surface area (Å²) in [6, 6.07) is 8.22. The summed E-state index contributed by atoms with van der Waals surface area (Å²) >= 11 is 0. The van der Waals surface area contributed by atoms with Crippen molar-refractivity contribution in [2.75, 3.05) is 38.3 Å². The Labute approximate surface area is 113 Å². The zero-order chi connectivity index (χ0) is 13.3. The van der Waals surface area contributed by atoms with E-state index in [1.54, 1.807) is 7.11 Å². The smallest absolute Gasteiger partial charge is 0.237 e. The molecular weight excluding hydrogens is 240 g/mol. The highest BCUT2D eigenvalue weighted by molar-refractivity contribution is 6.08. The Kier molecular flexibility index (Phi) is 3.29. The highest BCUT2D eigenvalue weighted by Gasteiger charge is 2.50. The van der Waals surface area contributed by atoms with Crippen molar-refractivity contribution in [2.24, 2.45) is 0 Å². The Morgan fingerprint density at radius 1 is 1.32 bits per heavy atom. The van der Waals surface area contributed by atoms with Gasteiger partial charge in [0.2, 0.25) is 5.91 Å². The first-order valence-electron chi connectivity index (χ1n) is 6.91. The molecule has 102 valence electrons. The lowest BCUT2D eigenvalue weighted by Gasteiger charge is -2.33. The van der Waals surface area contributed by atoms with E-state index in [1.165, 1.54) is 5.56 Å². The zero-order valence-corrected chi connectivity index (χ0v) is 11.3. The molecule has 1 saturated heterocycles. The maximum Gasteiger partial charge on any atom is 0.237 e. The van der Waals surface area contributed by atoms with Gasteiger partial charge in [-0.1, -0.05) is 18.2 Å². The maximum absolute atomic E-state index is 12.9. The largest absolute Gasteiger partial charge is 0.383 e. The molecule has 1 aromatic rings. The van der Waals surface area contributed by atoms with E-state index in [0.29, 0.717) is 13.2 Å². The van der Waals surface area contributed by atoms with Gasteiger partial charge in [0.25, 0.3) is 0 Å². The van der Waals surface area contributed by atoms with Gasteiger partial charge < -0.3 is 15.0 Å². The molecule has 3 rings (SSSR count). The predicted molar refractivity (Wildman–Crippen MR) is 74.5 cm³/mol. The van der Waals surface area contributed by atoms with E-state index in [-0.39, 0.29) is 11.3 Å². The van der Waals surface area contributed by atoms with Crippen LogP contribution in [0.2, 0.25) is 0 Å². The van der Waals surface area contributed by atoms with E-state index in [0.717, 1.165) is 31.6 Å². The summed E-state index contributed by atoms with van der Waals surface area (Å²) in [4.78, 5) is 14.8. The number of ether oxygens (including phenoxy) is 1. The number of para-hydroxylation sites is 1. The SMILES string of the molecule is COCCN1C(=O)C2(CCNCC2)c2ccccc21. The molecule has 1 amide bonds.